The van der Waals surface area contributed by atoms with E-state index in [-0.39, 0.29) is 44.4 Å². The molecular weight excluding hydrogens is 561 g/mol. The fraction of sp³-hybridized carbons (Fsp3) is 0.515. The second kappa shape index (κ2) is 14.0. The lowest BCUT2D eigenvalue weighted by Crippen LogP contribution is -2.42. The topological polar surface area (TPSA) is 18.5 Å². The number of ether oxygens (including phenoxy) is 2. The highest BCUT2D eigenvalue weighted by Gasteiger charge is 2.48. The van der Waals surface area contributed by atoms with Crippen molar-refractivity contribution in [2.45, 2.75) is 89.5 Å². The molecule has 0 aliphatic heterocycles. The summed E-state index contributed by atoms with van der Waals surface area (Å²) < 4.78 is 109. The monoisotopic (exact) mass is 596 g/mol. The molecule has 0 radical (unpaired) electrons. The Morgan fingerprint density at radius 2 is 1.36 bits per heavy atom. The third kappa shape index (κ3) is 8.53. The highest BCUT2D eigenvalue weighted by Crippen LogP contribution is 2.44. The highest BCUT2D eigenvalue weighted by molar-refractivity contribution is 5.37. The van der Waals surface area contributed by atoms with Crippen LogP contribution in [-0.2, 0) is 11.2 Å². The third-order valence-electron chi connectivity index (χ3n) is 8.02. The fourth-order valence-electron chi connectivity index (χ4n) is 5.54. The summed E-state index contributed by atoms with van der Waals surface area (Å²) in [6.07, 6.45) is -0.888. The molecule has 228 valence electrons. The van der Waals surface area contributed by atoms with Crippen molar-refractivity contribution in [2.24, 2.45) is 17.8 Å². The molecule has 0 saturated heterocycles. The molecule has 0 amide bonds. The molecule has 2 fully saturated rings. The predicted octanol–water partition coefficient (Wildman–Crippen LogP) is 9.61. The van der Waals surface area contributed by atoms with Gasteiger partial charge in [0.25, 0.3) is 0 Å². The van der Waals surface area contributed by atoms with Crippen LogP contribution in [0.5, 0.6) is 5.75 Å². The van der Waals surface area contributed by atoms with Gasteiger partial charge in [0.1, 0.15) is 5.75 Å². The Morgan fingerprint density at radius 1 is 0.786 bits per heavy atom. The van der Waals surface area contributed by atoms with Gasteiger partial charge in [-0.2, -0.15) is 17.6 Å². The van der Waals surface area contributed by atoms with Gasteiger partial charge < -0.3 is 9.47 Å². The molecule has 0 unspecified atom stereocenters. The Balaban J connectivity index is 1.22. The zero-order valence-corrected chi connectivity index (χ0v) is 23.5. The number of hydrogen-bond acceptors (Lipinski definition) is 2. The van der Waals surface area contributed by atoms with E-state index in [4.69, 9.17) is 4.74 Å². The van der Waals surface area contributed by atoms with Gasteiger partial charge in [0, 0.05) is 23.6 Å². The Kier molecular flexibility index (Phi) is 10.6. The highest BCUT2D eigenvalue weighted by atomic mass is 19.3. The van der Waals surface area contributed by atoms with Gasteiger partial charge in [0.2, 0.25) is 0 Å². The number of benzene rings is 2. The molecule has 42 heavy (non-hydrogen) atoms. The van der Waals surface area contributed by atoms with Crippen molar-refractivity contribution in [3.8, 4) is 17.6 Å². The van der Waals surface area contributed by atoms with Gasteiger partial charge in [0.05, 0.1) is 17.9 Å². The maximum Gasteiger partial charge on any atom is 0.400 e. The van der Waals surface area contributed by atoms with Crippen molar-refractivity contribution in [2.75, 3.05) is 0 Å². The largest absolute Gasteiger partial charge is 0.432 e. The van der Waals surface area contributed by atoms with Crippen LogP contribution in [0, 0.1) is 47.0 Å². The lowest BCUT2D eigenvalue weighted by atomic mass is 9.81. The number of allylic oxidation sites excluding steroid dienone is 2. The van der Waals surface area contributed by atoms with Crippen LogP contribution in [0.15, 0.2) is 48.6 Å². The van der Waals surface area contributed by atoms with Crippen molar-refractivity contribution < 1.29 is 40.2 Å². The first kappa shape index (κ1) is 31.9. The summed E-state index contributed by atoms with van der Waals surface area (Å²) in [5, 5.41) is 0. The van der Waals surface area contributed by atoms with Crippen molar-refractivity contribution in [3.05, 3.63) is 77.1 Å². The average Bonchev–Trinajstić information content (AvgIpc) is 2.96. The molecular formula is C33H35F7O2. The van der Waals surface area contributed by atoms with E-state index in [0.717, 1.165) is 18.4 Å². The number of alkyl halides is 4. The van der Waals surface area contributed by atoms with E-state index in [0.29, 0.717) is 25.0 Å². The standard InChI is InChI=1S/C33H35F7O2/c1-2-3-4-5-22-6-8-23(9-7-22)10-11-24-12-14-25(15-13-24)32(37,38)41-27-18-16-26(17-19-27)33(39,40)42-28-20-29(34)31(36)30(35)21-28/h3-4,6-9,20-21,24-27H,2,5,12-19H2,1H3/b4-3-. The molecule has 0 aromatic heterocycles. The Labute approximate surface area is 242 Å². The fourth-order valence-corrected chi connectivity index (χ4v) is 5.54. The number of halogens is 7. The van der Waals surface area contributed by atoms with E-state index in [1.165, 1.54) is 5.56 Å². The van der Waals surface area contributed by atoms with E-state index in [2.05, 4.69) is 35.7 Å². The molecule has 2 saturated carbocycles. The van der Waals surface area contributed by atoms with E-state index in [9.17, 15) is 22.0 Å². The second-order valence-corrected chi connectivity index (χ2v) is 11.1. The lowest BCUT2D eigenvalue weighted by Gasteiger charge is -2.37. The molecule has 0 N–H and O–H groups in total. The SMILES string of the molecule is CC/C=C\Cc1ccc(C#CC2CCC(C(F)(F)OC3CCC(C(F)(F)Oc4cc(F)c(F)c(F)c4)CC3)CC2)cc1. The van der Waals surface area contributed by atoms with Gasteiger partial charge in [-0.3, -0.25) is 0 Å². The molecule has 0 spiro atoms. The minimum Gasteiger partial charge on any atom is -0.432 e. The van der Waals surface area contributed by atoms with Crippen molar-refractivity contribution in [3.63, 3.8) is 0 Å². The van der Waals surface area contributed by atoms with Crippen molar-refractivity contribution in [1.82, 2.24) is 0 Å². The Bertz CT molecular complexity index is 1240. The number of rotatable bonds is 9. The normalized spacial score (nSPS) is 23.4. The van der Waals surface area contributed by atoms with Crippen LogP contribution in [0.2, 0.25) is 0 Å². The zero-order chi connectivity index (χ0) is 30.3. The predicted molar refractivity (Wildman–Crippen MR) is 146 cm³/mol. The maximum absolute atomic E-state index is 15.0. The van der Waals surface area contributed by atoms with Crippen LogP contribution in [0.3, 0.4) is 0 Å². The van der Waals surface area contributed by atoms with Crippen molar-refractivity contribution in [1.29, 1.82) is 0 Å². The van der Waals surface area contributed by atoms with Gasteiger partial charge in [-0.1, -0.05) is 43.0 Å². The summed E-state index contributed by atoms with van der Waals surface area (Å²) in [4.78, 5) is 0. The summed E-state index contributed by atoms with van der Waals surface area (Å²) in [6, 6.07) is 8.69. The first-order valence-electron chi connectivity index (χ1n) is 14.5. The zero-order valence-electron chi connectivity index (χ0n) is 23.5. The third-order valence-corrected chi connectivity index (χ3v) is 8.02. The first-order valence-corrected chi connectivity index (χ1v) is 14.5. The quantitative estimate of drug-likeness (QED) is 0.124. The maximum atomic E-state index is 15.0. The average molecular weight is 597 g/mol. The molecule has 9 heteroatoms. The molecule has 4 rings (SSSR count). The molecule has 2 aromatic rings. The van der Waals surface area contributed by atoms with E-state index in [1.54, 1.807) is 0 Å². The van der Waals surface area contributed by atoms with Gasteiger partial charge in [-0.25, -0.2) is 13.2 Å². The molecule has 0 heterocycles. The molecule has 2 aromatic carbocycles. The second-order valence-electron chi connectivity index (χ2n) is 11.1. The van der Waals surface area contributed by atoms with Crippen LogP contribution >= 0.6 is 0 Å². The van der Waals surface area contributed by atoms with Crippen LogP contribution in [-0.4, -0.2) is 18.3 Å². The molecule has 2 aliphatic carbocycles. The van der Waals surface area contributed by atoms with Crippen LogP contribution in [0.25, 0.3) is 0 Å². The Hall–Kier alpha value is -2.99. The Morgan fingerprint density at radius 3 is 1.95 bits per heavy atom. The van der Waals surface area contributed by atoms with E-state index < -0.39 is 53.4 Å². The smallest absolute Gasteiger partial charge is 0.400 e. The van der Waals surface area contributed by atoms with Gasteiger partial charge in [-0.15, -0.1) is 0 Å². The van der Waals surface area contributed by atoms with Crippen LogP contribution < -0.4 is 4.74 Å². The van der Waals surface area contributed by atoms with Crippen molar-refractivity contribution >= 4 is 0 Å². The summed E-state index contributed by atoms with van der Waals surface area (Å²) in [7, 11) is 0. The minimum atomic E-state index is -3.82. The van der Waals surface area contributed by atoms with E-state index >= 15 is 8.78 Å². The minimum absolute atomic E-state index is 0.0185. The van der Waals surface area contributed by atoms with Gasteiger partial charge >= 0.3 is 12.2 Å². The lowest BCUT2D eigenvalue weighted by molar-refractivity contribution is -0.305. The van der Waals surface area contributed by atoms with Crippen LogP contribution in [0.1, 0.15) is 75.8 Å². The summed E-state index contributed by atoms with van der Waals surface area (Å²) in [5.41, 5.74) is 2.08. The van der Waals surface area contributed by atoms with Crippen LogP contribution in [0.4, 0.5) is 30.7 Å². The molecule has 2 aliphatic rings. The first-order chi connectivity index (χ1) is 20.0. The summed E-state index contributed by atoms with van der Waals surface area (Å²) >= 11 is 0. The van der Waals surface area contributed by atoms with Gasteiger partial charge in [0.15, 0.2) is 17.5 Å². The summed E-state index contributed by atoms with van der Waals surface area (Å²) in [5.74, 6) is -1.90. The molecule has 0 atom stereocenters. The molecule has 0 bridgehead atoms. The summed E-state index contributed by atoms with van der Waals surface area (Å²) in [6.45, 7) is 2.09. The van der Waals surface area contributed by atoms with Gasteiger partial charge in [-0.05, 0) is 81.9 Å². The van der Waals surface area contributed by atoms with E-state index in [1.807, 2.05) is 24.3 Å². The molecule has 2 nitrogen and oxygen atoms in total. The number of hydrogen-bond donors (Lipinski definition) is 0.